The number of carbonyl (C=O) groups excluding carboxylic acids is 1. The molecule has 0 unspecified atom stereocenters. The maximum atomic E-state index is 11.9. The topological polar surface area (TPSA) is 69.4 Å². The van der Waals surface area contributed by atoms with Gasteiger partial charge >= 0.3 is 0 Å². The van der Waals surface area contributed by atoms with E-state index < -0.39 is 4.92 Å². The van der Waals surface area contributed by atoms with Crippen molar-refractivity contribution in [3.63, 3.8) is 0 Å². The zero-order valence-electron chi connectivity index (χ0n) is 10.3. The molecule has 6 heteroatoms. The zero-order chi connectivity index (χ0) is 14.5. The van der Waals surface area contributed by atoms with E-state index in [9.17, 15) is 14.9 Å². The number of hydrogen-bond acceptors (Lipinski definition) is 4. The number of hydrogen-bond donors (Lipinski definition) is 0. The van der Waals surface area contributed by atoms with E-state index in [4.69, 9.17) is 4.74 Å². The lowest BCUT2D eigenvalue weighted by Crippen LogP contribution is -2.11. The summed E-state index contributed by atoms with van der Waals surface area (Å²) in [7, 11) is 0. The quantitative estimate of drug-likeness (QED) is 0.475. The molecule has 0 atom stereocenters. The highest BCUT2D eigenvalue weighted by atomic mass is 79.9. The largest absolute Gasteiger partial charge is 0.484 e. The monoisotopic (exact) mass is 335 g/mol. The summed E-state index contributed by atoms with van der Waals surface area (Å²) in [6.45, 7) is -0.125. The van der Waals surface area contributed by atoms with Crippen LogP contribution in [0, 0.1) is 10.1 Å². The van der Waals surface area contributed by atoms with Crippen molar-refractivity contribution in [3.05, 3.63) is 68.7 Å². The second kappa shape index (κ2) is 6.29. The molecule has 0 saturated carbocycles. The Morgan fingerprint density at radius 3 is 2.40 bits per heavy atom. The Labute approximate surface area is 123 Å². The number of nitro groups is 1. The Bertz CT molecular complexity index is 640. The number of para-hydroxylation sites is 1. The van der Waals surface area contributed by atoms with E-state index in [0.717, 1.165) is 4.47 Å². The number of nitrogens with zero attached hydrogens (tertiary/aromatic N) is 1. The van der Waals surface area contributed by atoms with Gasteiger partial charge in [-0.15, -0.1) is 0 Å². The van der Waals surface area contributed by atoms with Gasteiger partial charge in [0, 0.05) is 17.7 Å². The van der Waals surface area contributed by atoms with E-state index in [1.54, 1.807) is 12.1 Å². The number of Topliss-reactive ketones (excluding diaryl/α,β-unsaturated/α-hetero) is 1. The Morgan fingerprint density at radius 1 is 1.15 bits per heavy atom. The van der Waals surface area contributed by atoms with Gasteiger partial charge in [0.15, 0.2) is 12.4 Å². The van der Waals surface area contributed by atoms with Crippen LogP contribution in [0.3, 0.4) is 0 Å². The van der Waals surface area contributed by atoms with Crippen LogP contribution in [0.2, 0.25) is 0 Å². The third-order valence-corrected chi connectivity index (χ3v) is 3.25. The van der Waals surface area contributed by atoms with Crippen molar-refractivity contribution in [1.82, 2.24) is 0 Å². The first-order valence-corrected chi connectivity index (χ1v) is 6.52. The van der Waals surface area contributed by atoms with Crippen LogP contribution >= 0.6 is 15.9 Å². The molecule has 2 aromatic carbocycles. The van der Waals surface area contributed by atoms with Gasteiger partial charge in [-0.25, -0.2) is 0 Å². The van der Waals surface area contributed by atoms with Crippen molar-refractivity contribution in [2.45, 2.75) is 0 Å². The van der Waals surface area contributed by atoms with Crippen molar-refractivity contribution in [1.29, 1.82) is 0 Å². The predicted octanol–water partition coefficient (Wildman–Crippen LogP) is 3.62. The van der Waals surface area contributed by atoms with Gasteiger partial charge in [-0.05, 0) is 40.2 Å². The van der Waals surface area contributed by atoms with Crippen LogP contribution in [0.25, 0.3) is 0 Å². The first kappa shape index (κ1) is 14.2. The Morgan fingerprint density at radius 2 is 1.80 bits per heavy atom. The highest BCUT2D eigenvalue weighted by Crippen LogP contribution is 2.24. The third kappa shape index (κ3) is 3.42. The fourth-order valence-electron chi connectivity index (χ4n) is 1.56. The number of ketones is 1. The van der Waals surface area contributed by atoms with Gasteiger partial charge in [0.1, 0.15) is 5.75 Å². The summed E-state index contributed by atoms with van der Waals surface area (Å²) in [6.07, 6.45) is 0. The van der Waals surface area contributed by atoms with Gasteiger partial charge < -0.3 is 4.74 Å². The number of carbonyl (C=O) groups is 1. The van der Waals surface area contributed by atoms with Gasteiger partial charge in [0.25, 0.3) is 5.69 Å². The molecule has 102 valence electrons. The second-order valence-electron chi connectivity index (χ2n) is 3.95. The van der Waals surface area contributed by atoms with Gasteiger partial charge in [-0.2, -0.15) is 0 Å². The number of halogens is 1. The average Bonchev–Trinajstić information content (AvgIpc) is 2.46. The highest BCUT2D eigenvalue weighted by Gasteiger charge is 2.10. The first-order chi connectivity index (χ1) is 9.58. The second-order valence-corrected chi connectivity index (χ2v) is 4.80. The maximum absolute atomic E-state index is 11.9. The van der Waals surface area contributed by atoms with Crippen molar-refractivity contribution >= 4 is 27.4 Å². The fourth-order valence-corrected chi connectivity index (χ4v) is 1.96. The smallest absolute Gasteiger partial charge is 0.269 e. The third-order valence-electron chi connectivity index (χ3n) is 2.60. The molecular weight excluding hydrogens is 326 g/mol. The van der Waals surface area contributed by atoms with Crippen LogP contribution in [0.15, 0.2) is 53.0 Å². The molecule has 2 rings (SSSR count). The maximum Gasteiger partial charge on any atom is 0.269 e. The molecule has 0 aliphatic rings. The van der Waals surface area contributed by atoms with Crippen molar-refractivity contribution in [3.8, 4) is 5.75 Å². The predicted molar refractivity (Wildman–Crippen MR) is 77.1 cm³/mol. The molecule has 0 aliphatic heterocycles. The van der Waals surface area contributed by atoms with Crippen LogP contribution in [0.1, 0.15) is 10.4 Å². The van der Waals surface area contributed by atoms with Gasteiger partial charge in [-0.1, -0.05) is 12.1 Å². The Balaban J connectivity index is 2.02. The summed E-state index contributed by atoms with van der Waals surface area (Å²) in [5.74, 6) is 0.332. The number of ether oxygens (including phenoxy) is 1. The van der Waals surface area contributed by atoms with E-state index >= 15 is 0 Å². The number of non-ortho nitro benzene ring substituents is 1. The molecule has 0 radical (unpaired) electrons. The van der Waals surface area contributed by atoms with E-state index in [2.05, 4.69) is 15.9 Å². The number of benzene rings is 2. The molecule has 0 bridgehead atoms. The van der Waals surface area contributed by atoms with E-state index in [1.807, 2.05) is 12.1 Å². The van der Waals surface area contributed by atoms with Crippen LogP contribution in [0.5, 0.6) is 5.75 Å². The Hall–Kier alpha value is -2.21. The molecule has 2 aromatic rings. The minimum Gasteiger partial charge on any atom is -0.484 e. The summed E-state index contributed by atoms with van der Waals surface area (Å²) < 4.78 is 6.16. The van der Waals surface area contributed by atoms with Gasteiger partial charge in [0.2, 0.25) is 0 Å². The SMILES string of the molecule is O=C(COc1ccccc1Br)c1ccc([N+](=O)[O-])cc1. The summed E-state index contributed by atoms with van der Waals surface area (Å²) in [5, 5.41) is 10.5. The first-order valence-electron chi connectivity index (χ1n) is 5.73. The zero-order valence-corrected chi connectivity index (χ0v) is 11.9. The highest BCUT2D eigenvalue weighted by molar-refractivity contribution is 9.10. The summed E-state index contributed by atoms with van der Waals surface area (Å²) in [4.78, 5) is 21.9. The van der Waals surface area contributed by atoms with Crippen molar-refractivity contribution in [2.75, 3.05) is 6.61 Å². The van der Waals surface area contributed by atoms with E-state index in [0.29, 0.717) is 11.3 Å². The van der Waals surface area contributed by atoms with Gasteiger partial charge in [-0.3, -0.25) is 14.9 Å². The molecule has 0 heterocycles. The molecule has 0 aliphatic carbocycles. The average molecular weight is 336 g/mol. The standard InChI is InChI=1S/C14H10BrNO4/c15-12-3-1-2-4-14(12)20-9-13(17)10-5-7-11(8-6-10)16(18)19/h1-8H,9H2. The molecular formula is C14H10BrNO4. The Kier molecular flexibility index (Phi) is 4.47. The summed E-state index contributed by atoms with van der Waals surface area (Å²) >= 11 is 3.32. The molecule has 0 aromatic heterocycles. The molecule has 0 fully saturated rings. The number of nitro benzene ring substituents is 1. The van der Waals surface area contributed by atoms with E-state index in [-0.39, 0.29) is 18.1 Å². The van der Waals surface area contributed by atoms with Crippen LogP contribution in [0.4, 0.5) is 5.69 Å². The number of rotatable bonds is 5. The lowest BCUT2D eigenvalue weighted by molar-refractivity contribution is -0.384. The van der Waals surface area contributed by atoms with Crippen molar-refractivity contribution in [2.24, 2.45) is 0 Å². The molecule has 0 amide bonds. The minimum atomic E-state index is -0.508. The molecule has 0 N–H and O–H groups in total. The van der Waals surface area contributed by atoms with E-state index in [1.165, 1.54) is 24.3 Å². The minimum absolute atomic E-state index is 0.0479. The molecule has 20 heavy (non-hydrogen) atoms. The van der Waals surface area contributed by atoms with Crippen LogP contribution < -0.4 is 4.74 Å². The molecule has 5 nitrogen and oxygen atoms in total. The van der Waals surface area contributed by atoms with Crippen LogP contribution in [-0.4, -0.2) is 17.3 Å². The van der Waals surface area contributed by atoms with Gasteiger partial charge in [0.05, 0.1) is 9.40 Å². The molecule has 0 saturated heterocycles. The fraction of sp³-hybridized carbons (Fsp3) is 0.0714. The van der Waals surface area contributed by atoms with Crippen molar-refractivity contribution < 1.29 is 14.5 Å². The van der Waals surface area contributed by atoms with Crippen LogP contribution in [-0.2, 0) is 0 Å². The summed E-state index contributed by atoms with van der Waals surface area (Å²) in [5.41, 5.74) is 0.330. The lowest BCUT2D eigenvalue weighted by atomic mass is 10.1. The summed E-state index contributed by atoms with van der Waals surface area (Å²) in [6, 6.07) is 12.6. The normalized spacial score (nSPS) is 10.1. The molecule has 0 spiro atoms. The lowest BCUT2D eigenvalue weighted by Gasteiger charge is -2.07.